The van der Waals surface area contributed by atoms with Crippen molar-refractivity contribution in [2.45, 2.75) is 45.1 Å². The topological polar surface area (TPSA) is 25.2 Å². The van der Waals surface area contributed by atoms with Gasteiger partial charge in [0.25, 0.3) is 0 Å². The highest BCUT2D eigenvalue weighted by atomic mass is 16.3. The molecular weight excluding hydrogens is 186 g/mol. The molecule has 1 aliphatic carbocycles. The fourth-order valence-corrected chi connectivity index (χ4v) is 1.95. The lowest BCUT2D eigenvalue weighted by atomic mass is 10.1. The molecule has 0 bridgehead atoms. The van der Waals surface area contributed by atoms with E-state index in [2.05, 4.69) is 31.3 Å². The second kappa shape index (κ2) is 4.40. The molecule has 1 saturated carbocycles. The Morgan fingerprint density at radius 2 is 2.27 bits per heavy atom. The van der Waals surface area contributed by atoms with Crippen LogP contribution in [0.25, 0.3) is 0 Å². The van der Waals surface area contributed by atoms with Crippen molar-refractivity contribution >= 4 is 0 Å². The zero-order valence-corrected chi connectivity index (χ0v) is 9.92. The van der Waals surface area contributed by atoms with Gasteiger partial charge in [-0.15, -0.1) is 0 Å². The molecule has 2 rings (SSSR count). The largest absolute Gasteiger partial charge is 0.466 e. The van der Waals surface area contributed by atoms with Crippen molar-refractivity contribution in [3.63, 3.8) is 0 Å². The van der Waals surface area contributed by atoms with E-state index in [0.29, 0.717) is 12.0 Å². The van der Waals surface area contributed by atoms with Gasteiger partial charge in [-0.25, -0.2) is 0 Å². The monoisotopic (exact) mass is 207 g/mol. The summed E-state index contributed by atoms with van der Waals surface area (Å²) in [4.78, 5) is 0. The van der Waals surface area contributed by atoms with Crippen molar-refractivity contribution in [3.05, 3.63) is 23.7 Å². The Morgan fingerprint density at radius 3 is 2.87 bits per heavy atom. The van der Waals surface area contributed by atoms with Gasteiger partial charge in [-0.2, -0.15) is 0 Å². The van der Waals surface area contributed by atoms with Crippen LogP contribution >= 0.6 is 0 Å². The lowest BCUT2D eigenvalue weighted by Crippen LogP contribution is -2.21. The maximum Gasteiger partial charge on any atom is 0.107 e. The molecule has 0 saturated heterocycles. The van der Waals surface area contributed by atoms with Crippen LogP contribution in [0.5, 0.6) is 0 Å². The van der Waals surface area contributed by atoms with E-state index in [0.717, 1.165) is 24.5 Å². The van der Waals surface area contributed by atoms with Crippen molar-refractivity contribution in [2.24, 2.45) is 5.92 Å². The Bertz CT molecular complexity index is 318. The van der Waals surface area contributed by atoms with E-state index >= 15 is 0 Å². The first kappa shape index (κ1) is 10.7. The van der Waals surface area contributed by atoms with Crippen molar-refractivity contribution in [3.8, 4) is 0 Å². The fourth-order valence-electron chi connectivity index (χ4n) is 1.95. The summed E-state index contributed by atoms with van der Waals surface area (Å²) in [5, 5.41) is 3.24. The third-order valence-electron chi connectivity index (χ3n) is 3.47. The van der Waals surface area contributed by atoms with Gasteiger partial charge >= 0.3 is 0 Å². The fraction of sp³-hybridized carbons (Fsp3) is 0.692. The summed E-state index contributed by atoms with van der Waals surface area (Å²) in [7, 11) is 2.00. The summed E-state index contributed by atoms with van der Waals surface area (Å²) in [6.45, 7) is 4.49. The van der Waals surface area contributed by atoms with Gasteiger partial charge in [-0.1, -0.05) is 6.92 Å². The highest BCUT2D eigenvalue weighted by molar-refractivity contribution is 5.17. The van der Waals surface area contributed by atoms with Gasteiger partial charge in [0.2, 0.25) is 0 Å². The van der Waals surface area contributed by atoms with Gasteiger partial charge in [-0.05, 0) is 44.9 Å². The molecule has 1 aromatic rings. The summed E-state index contributed by atoms with van der Waals surface area (Å²) < 4.78 is 5.85. The molecule has 84 valence electrons. The lowest BCUT2D eigenvalue weighted by Gasteiger charge is -2.07. The molecule has 3 unspecified atom stereocenters. The smallest absolute Gasteiger partial charge is 0.107 e. The molecule has 0 amide bonds. The van der Waals surface area contributed by atoms with E-state index in [9.17, 15) is 0 Å². The molecule has 2 heteroatoms. The first-order valence-electron chi connectivity index (χ1n) is 5.96. The standard InChI is InChI=1S/C13H21NO/c1-9-8-12(9)13-7-6-11(15-13)5-4-10(2)14-3/h6-7,9-10,12,14H,4-5,8H2,1-3H3. The maximum absolute atomic E-state index is 5.85. The highest BCUT2D eigenvalue weighted by Gasteiger charge is 2.36. The predicted octanol–water partition coefficient (Wildman–Crippen LogP) is 2.94. The van der Waals surface area contributed by atoms with E-state index in [1.165, 1.54) is 12.2 Å². The minimum Gasteiger partial charge on any atom is -0.466 e. The number of hydrogen-bond acceptors (Lipinski definition) is 2. The summed E-state index contributed by atoms with van der Waals surface area (Å²) in [5.74, 6) is 3.89. The van der Waals surface area contributed by atoms with Crippen LogP contribution in [-0.4, -0.2) is 13.1 Å². The zero-order valence-electron chi connectivity index (χ0n) is 9.92. The first-order valence-corrected chi connectivity index (χ1v) is 5.96. The van der Waals surface area contributed by atoms with Crippen LogP contribution in [0.3, 0.4) is 0 Å². The Balaban J connectivity index is 1.85. The van der Waals surface area contributed by atoms with Gasteiger partial charge in [-0.3, -0.25) is 0 Å². The molecule has 0 aliphatic heterocycles. The number of hydrogen-bond donors (Lipinski definition) is 1. The normalized spacial score (nSPS) is 26.6. The molecule has 3 atom stereocenters. The van der Waals surface area contributed by atoms with Gasteiger partial charge in [0, 0.05) is 18.4 Å². The molecule has 1 heterocycles. The van der Waals surface area contributed by atoms with Gasteiger partial charge < -0.3 is 9.73 Å². The first-order chi connectivity index (χ1) is 7.20. The van der Waals surface area contributed by atoms with Crippen LogP contribution in [0.4, 0.5) is 0 Å². The van der Waals surface area contributed by atoms with E-state index in [4.69, 9.17) is 4.42 Å². The van der Waals surface area contributed by atoms with Crippen molar-refractivity contribution in [1.29, 1.82) is 0 Å². The Labute approximate surface area is 92.1 Å². The SMILES string of the molecule is CNC(C)CCc1ccc(C2CC2C)o1. The van der Waals surface area contributed by atoms with Crippen LogP contribution in [0.15, 0.2) is 16.5 Å². The lowest BCUT2D eigenvalue weighted by molar-refractivity contribution is 0.442. The average Bonchev–Trinajstić information content (AvgIpc) is 2.80. The van der Waals surface area contributed by atoms with Crippen molar-refractivity contribution in [1.82, 2.24) is 5.32 Å². The molecule has 15 heavy (non-hydrogen) atoms. The van der Waals surface area contributed by atoms with Gasteiger partial charge in [0.15, 0.2) is 0 Å². The molecule has 2 nitrogen and oxygen atoms in total. The molecule has 0 aromatic carbocycles. The van der Waals surface area contributed by atoms with Crippen LogP contribution in [0.2, 0.25) is 0 Å². The predicted molar refractivity (Wildman–Crippen MR) is 62.1 cm³/mol. The second-order valence-electron chi connectivity index (χ2n) is 4.85. The summed E-state index contributed by atoms with van der Waals surface area (Å²) in [5.41, 5.74) is 0. The number of nitrogens with one attached hydrogen (secondary N) is 1. The third kappa shape index (κ3) is 2.63. The van der Waals surface area contributed by atoms with Crippen LogP contribution in [-0.2, 0) is 6.42 Å². The maximum atomic E-state index is 5.85. The number of furan rings is 1. The van der Waals surface area contributed by atoms with Gasteiger partial charge in [0.1, 0.15) is 11.5 Å². The van der Waals surface area contributed by atoms with E-state index in [-0.39, 0.29) is 0 Å². The van der Waals surface area contributed by atoms with Crippen molar-refractivity contribution in [2.75, 3.05) is 7.05 Å². The summed E-state index contributed by atoms with van der Waals surface area (Å²) in [6, 6.07) is 4.87. The van der Waals surface area contributed by atoms with E-state index in [1.807, 2.05) is 7.05 Å². The summed E-state index contributed by atoms with van der Waals surface area (Å²) in [6.07, 6.45) is 3.49. The van der Waals surface area contributed by atoms with E-state index in [1.54, 1.807) is 0 Å². The molecular formula is C13H21NO. The van der Waals surface area contributed by atoms with Crippen LogP contribution in [0.1, 0.15) is 44.1 Å². The number of rotatable bonds is 5. The molecule has 1 aliphatic rings. The van der Waals surface area contributed by atoms with Crippen LogP contribution in [0, 0.1) is 5.92 Å². The quantitative estimate of drug-likeness (QED) is 0.803. The van der Waals surface area contributed by atoms with Crippen LogP contribution < -0.4 is 5.32 Å². The number of aryl methyl sites for hydroxylation is 1. The Morgan fingerprint density at radius 1 is 1.53 bits per heavy atom. The van der Waals surface area contributed by atoms with Gasteiger partial charge in [0.05, 0.1) is 0 Å². The molecule has 1 aromatic heterocycles. The minimum absolute atomic E-state index is 0.568. The highest BCUT2D eigenvalue weighted by Crippen LogP contribution is 2.47. The average molecular weight is 207 g/mol. The molecule has 1 fully saturated rings. The Kier molecular flexibility index (Phi) is 3.15. The molecule has 0 spiro atoms. The van der Waals surface area contributed by atoms with Crippen molar-refractivity contribution < 1.29 is 4.42 Å². The molecule has 0 radical (unpaired) electrons. The Hall–Kier alpha value is -0.760. The second-order valence-corrected chi connectivity index (χ2v) is 4.85. The van der Waals surface area contributed by atoms with E-state index < -0.39 is 0 Å². The molecule has 1 N–H and O–H groups in total. The minimum atomic E-state index is 0.568. The third-order valence-corrected chi connectivity index (χ3v) is 3.47. The zero-order chi connectivity index (χ0) is 10.8. The summed E-state index contributed by atoms with van der Waals surface area (Å²) >= 11 is 0.